The second kappa shape index (κ2) is 6.01. The van der Waals surface area contributed by atoms with Crippen LogP contribution in [-0.4, -0.2) is 29.0 Å². The van der Waals surface area contributed by atoms with Gasteiger partial charge in [0, 0.05) is 24.7 Å². The monoisotopic (exact) mass is 273 g/mol. The zero-order valence-electron chi connectivity index (χ0n) is 9.70. The lowest BCUT2D eigenvalue weighted by Crippen LogP contribution is -2.43. The van der Waals surface area contributed by atoms with Gasteiger partial charge in [0.05, 0.1) is 0 Å². The molecule has 5 heteroatoms. The molecule has 3 nitrogen and oxygen atoms in total. The van der Waals surface area contributed by atoms with Crippen molar-refractivity contribution in [2.24, 2.45) is 5.73 Å². The van der Waals surface area contributed by atoms with Crippen molar-refractivity contribution in [2.45, 2.75) is 31.8 Å². The molecule has 0 aliphatic carbocycles. The molecule has 94 valence electrons. The van der Waals surface area contributed by atoms with Crippen molar-refractivity contribution in [3.05, 3.63) is 28.0 Å². The fourth-order valence-corrected chi connectivity index (χ4v) is 2.72. The topological polar surface area (TPSA) is 42.1 Å². The number of piperidine rings is 1. The van der Waals surface area contributed by atoms with Gasteiger partial charge in [-0.25, -0.2) is 4.98 Å². The molecule has 0 bridgehead atoms. The third-order valence-electron chi connectivity index (χ3n) is 3.29. The minimum atomic E-state index is 0.438. The van der Waals surface area contributed by atoms with Crippen molar-refractivity contribution >= 4 is 23.2 Å². The molecular formula is C12H17Cl2N3. The second-order valence-electron chi connectivity index (χ2n) is 4.44. The number of aromatic nitrogens is 1. The van der Waals surface area contributed by atoms with Crippen molar-refractivity contribution in [3.8, 4) is 0 Å². The molecule has 1 unspecified atom stereocenters. The molecule has 1 aliphatic rings. The van der Waals surface area contributed by atoms with Crippen LogP contribution in [0.25, 0.3) is 0 Å². The van der Waals surface area contributed by atoms with Crippen molar-refractivity contribution in [2.75, 3.05) is 13.1 Å². The lowest BCUT2D eigenvalue weighted by Gasteiger charge is -2.35. The minimum Gasteiger partial charge on any atom is -0.329 e. The lowest BCUT2D eigenvalue weighted by atomic mass is 10.0. The van der Waals surface area contributed by atoms with Crippen LogP contribution in [0.15, 0.2) is 12.1 Å². The highest BCUT2D eigenvalue weighted by molar-refractivity contribution is 6.32. The summed E-state index contributed by atoms with van der Waals surface area (Å²) < 4.78 is 0. The van der Waals surface area contributed by atoms with Gasteiger partial charge in [0.1, 0.15) is 10.3 Å². The number of nitrogens with two attached hydrogens (primary N) is 1. The summed E-state index contributed by atoms with van der Waals surface area (Å²) in [4.78, 5) is 6.45. The van der Waals surface area contributed by atoms with Crippen LogP contribution in [0, 0.1) is 0 Å². The molecule has 0 spiro atoms. The molecule has 0 amide bonds. The summed E-state index contributed by atoms with van der Waals surface area (Å²) in [7, 11) is 0. The Morgan fingerprint density at radius 2 is 2.18 bits per heavy atom. The Morgan fingerprint density at radius 1 is 1.35 bits per heavy atom. The van der Waals surface area contributed by atoms with E-state index in [-0.39, 0.29) is 0 Å². The zero-order valence-corrected chi connectivity index (χ0v) is 11.2. The normalized spacial score (nSPS) is 21.7. The van der Waals surface area contributed by atoms with E-state index < -0.39 is 0 Å². The van der Waals surface area contributed by atoms with Crippen LogP contribution < -0.4 is 5.73 Å². The smallest absolute Gasteiger partial charge is 0.135 e. The van der Waals surface area contributed by atoms with Crippen LogP contribution in [0.1, 0.15) is 24.8 Å². The van der Waals surface area contributed by atoms with Crippen LogP contribution in [-0.2, 0) is 6.54 Å². The summed E-state index contributed by atoms with van der Waals surface area (Å²) in [6, 6.07) is 4.19. The van der Waals surface area contributed by atoms with Gasteiger partial charge in [-0.15, -0.1) is 0 Å². The Bertz CT molecular complexity index is 384. The lowest BCUT2D eigenvalue weighted by molar-refractivity contribution is 0.145. The molecule has 2 heterocycles. The second-order valence-corrected chi connectivity index (χ2v) is 5.18. The molecule has 17 heavy (non-hydrogen) atoms. The van der Waals surface area contributed by atoms with Gasteiger partial charge >= 0.3 is 0 Å². The van der Waals surface area contributed by atoms with Crippen LogP contribution in [0.2, 0.25) is 10.3 Å². The van der Waals surface area contributed by atoms with E-state index >= 15 is 0 Å². The molecule has 1 atom stereocenters. The van der Waals surface area contributed by atoms with E-state index in [0.29, 0.717) is 22.9 Å². The number of likely N-dealkylation sites (tertiary alicyclic amines) is 1. The number of pyridine rings is 1. The highest BCUT2D eigenvalue weighted by Crippen LogP contribution is 2.23. The molecule has 1 saturated heterocycles. The van der Waals surface area contributed by atoms with Gasteiger partial charge in [-0.1, -0.05) is 35.7 Å². The highest BCUT2D eigenvalue weighted by atomic mass is 35.5. The fraction of sp³-hybridized carbons (Fsp3) is 0.583. The first-order valence-corrected chi connectivity index (χ1v) is 6.71. The number of rotatable bonds is 3. The summed E-state index contributed by atoms with van der Waals surface area (Å²) in [6.07, 6.45) is 3.68. The molecular weight excluding hydrogens is 257 g/mol. The third-order valence-corrected chi connectivity index (χ3v) is 3.82. The van der Waals surface area contributed by atoms with Gasteiger partial charge in [-0.3, -0.25) is 4.90 Å². The van der Waals surface area contributed by atoms with Gasteiger partial charge in [0.15, 0.2) is 0 Å². The van der Waals surface area contributed by atoms with E-state index in [1.165, 1.54) is 19.3 Å². The number of hydrogen-bond donors (Lipinski definition) is 1. The molecule has 0 aromatic carbocycles. The average Bonchev–Trinajstić information content (AvgIpc) is 2.33. The Hall–Kier alpha value is -0.350. The Kier molecular flexibility index (Phi) is 4.62. The van der Waals surface area contributed by atoms with E-state index in [2.05, 4.69) is 9.88 Å². The summed E-state index contributed by atoms with van der Waals surface area (Å²) in [6.45, 7) is 2.60. The minimum absolute atomic E-state index is 0.438. The summed E-state index contributed by atoms with van der Waals surface area (Å²) in [5, 5.41) is 0.937. The predicted octanol–water partition coefficient (Wildman–Crippen LogP) is 2.70. The van der Waals surface area contributed by atoms with Gasteiger partial charge in [-0.05, 0) is 25.5 Å². The van der Waals surface area contributed by atoms with Crippen LogP contribution in [0.4, 0.5) is 0 Å². The fourth-order valence-electron chi connectivity index (χ4n) is 2.31. The number of hydrogen-bond acceptors (Lipinski definition) is 3. The quantitative estimate of drug-likeness (QED) is 0.862. The van der Waals surface area contributed by atoms with Gasteiger partial charge in [-0.2, -0.15) is 0 Å². The maximum absolute atomic E-state index is 6.09. The first kappa shape index (κ1) is 13.1. The number of halogens is 2. The maximum atomic E-state index is 6.09. The predicted molar refractivity (Wildman–Crippen MR) is 71.4 cm³/mol. The van der Waals surface area contributed by atoms with Gasteiger partial charge in [0.2, 0.25) is 0 Å². The third kappa shape index (κ3) is 3.32. The Labute approximate surface area is 112 Å². The first-order valence-electron chi connectivity index (χ1n) is 5.95. The number of nitrogens with zero attached hydrogens (tertiary/aromatic N) is 2. The molecule has 0 saturated carbocycles. The van der Waals surface area contributed by atoms with Crippen molar-refractivity contribution in [3.63, 3.8) is 0 Å². The SMILES string of the molecule is NCC1CCCCN1Cc1ccc(Cl)nc1Cl. The van der Waals surface area contributed by atoms with E-state index in [0.717, 1.165) is 18.7 Å². The van der Waals surface area contributed by atoms with Crippen molar-refractivity contribution < 1.29 is 0 Å². The molecule has 1 aliphatic heterocycles. The largest absolute Gasteiger partial charge is 0.329 e. The summed E-state index contributed by atoms with van der Waals surface area (Å²) in [5.74, 6) is 0. The molecule has 1 fully saturated rings. The summed E-state index contributed by atoms with van der Waals surface area (Å²) >= 11 is 11.9. The van der Waals surface area contributed by atoms with Crippen molar-refractivity contribution in [1.29, 1.82) is 0 Å². The Balaban J connectivity index is 2.08. The first-order chi connectivity index (χ1) is 8.20. The highest BCUT2D eigenvalue weighted by Gasteiger charge is 2.21. The average molecular weight is 274 g/mol. The van der Waals surface area contributed by atoms with E-state index in [1.807, 2.05) is 6.07 Å². The molecule has 0 radical (unpaired) electrons. The van der Waals surface area contributed by atoms with Crippen LogP contribution in [0.3, 0.4) is 0 Å². The molecule has 1 aromatic heterocycles. The van der Waals surface area contributed by atoms with Crippen molar-refractivity contribution in [1.82, 2.24) is 9.88 Å². The standard InChI is InChI=1S/C12H17Cl2N3/c13-11-5-4-9(12(14)16-11)8-17-6-2-1-3-10(17)7-15/h4-5,10H,1-3,6-8,15H2. The van der Waals surface area contributed by atoms with Gasteiger partial charge in [0.25, 0.3) is 0 Å². The summed E-state index contributed by atoms with van der Waals surface area (Å²) in [5.41, 5.74) is 6.82. The van der Waals surface area contributed by atoms with E-state index in [1.54, 1.807) is 6.07 Å². The van der Waals surface area contributed by atoms with Gasteiger partial charge < -0.3 is 5.73 Å². The zero-order chi connectivity index (χ0) is 12.3. The van der Waals surface area contributed by atoms with E-state index in [4.69, 9.17) is 28.9 Å². The van der Waals surface area contributed by atoms with Crippen LogP contribution >= 0.6 is 23.2 Å². The van der Waals surface area contributed by atoms with Crippen LogP contribution in [0.5, 0.6) is 0 Å². The maximum Gasteiger partial charge on any atom is 0.135 e. The van der Waals surface area contributed by atoms with E-state index in [9.17, 15) is 0 Å². The molecule has 2 N–H and O–H groups in total. The Morgan fingerprint density at radius 3 is 2.88 bits per heavy atom. The molecule has 2 rings (SSSR count). The molecule has 1 aromatic rings.